The molecule has 6 heteroatoms. The largest absolute Gasteiger partial charge is 0.341 e. The number of nitrogens with zero attached hydrogens (tertiary/aromatic N) is 3. The number of thiophene rings is 1. The molecule has 0 fully saturated rings. The monoisotopic (exact) mass is 431 g/mol. The maximum Gasteiger partial charge on any atom is 0.262 e. The third kappa shape index (κ3) is 4.44. The molecule has 0 aliphatic heterocycles. The molecule has 4 rings (SSSR count). The number of amides is 1. The zero-order valence-corrected chi connectivity index (χ0v) is 18.8. The maximum atomic E-state index is 13.2. The lowest BCUT2D eigenvalue weighted by Gasteiger charge is -2.18. The van der Waals surface area contributed by atoms with Crippen LogP contribution in [0.15, 0.2) is 65.0 Å². The summed E-state index contributed by atoms with van der Waals surface area (Å²) < 4.78 is 1.55. The van der Waals surface area contributed by atoms with Crippen LogP contribution in [-0.2, 0) is 17.9 Å². The van der Waals surface area contributed by atoms with Gasteiger partial charge in [-0.1, -0.05) is 54.1 Å². The van der Waals surface area contributed by atoms with Gasteiger partial charge in [-0.25, -0.2) is 4.98 Å². The van der Waals surface area contributed by atoms with Crippen molar-refractivity contribution in [2.75, 3.05) is 7.05 Å². The van der Waals surface area contributed by atoms with Crippen LogP contribution in [0.5, 0.6) is 0 Å². The summed E-state index contributed by atoms with van der Waals surface area (Å²) in [5.74, 6) is -0.000623. The highest BCUT2D eigenvalue weighted by atomic mass is 32.1. The van der Waals surface area contributed by atoms with Gasteiger partial charge >= 0.3 is 0 Å². The number of rotatable bonds is 6. The lowest BCUT2D eigenvalue weighted by atomic mass is 10.1. The molecule has 2 aromatic heterocycles. The Kier molecular flexibility index (Phi) is 6.00. The smallest absolute Gasteiger partial charge is 0.262 e. The first-order chi connectivity index (χ1) is 14.9. The molecule has 0 saturated heterocycles. The first-order valence-electron chi connectivity index (χ1n) is 10.3. The summed E-state index contributed by atoms with van der Waals surface area (Å²) in [5.41, 5.74) is 5.26. The van der Waals surface area contributed by atoms with E-state index in [9.17, 15) is 9.59 Å². The van der Waals surface area contributed by atoms with Gasteiger partial charge in [0.25, 0.3) is 5.56 Å². The SMILES string of the molecule is Cc1ccc(-c2csc3ncn(CCC(=O)N(C)Cc4ccccc4C)c(=O)c23)cc1. The molecule has 158 valence electrons. The van der Waals surface area contributed by atoms with Gasteiger partial charge < -0.3 is 4.90 Å². The fraction of sp³-hybridized carbons (Fsp3) is 0.240. The van der Waals surface area contributed by atoms with Crippen LogP contribution in [0.25, 0.3) is 21.3 Å². The summed E-state index contributed by atoms with van der Waals surface area (Å²) in [7, 11) is 1.80. The van der Waals surface area contributed by atoms with Crippen molar-refractivity contribution < 1.29 is 4.79 Å². The minimum atomic E-state index is -0.101. The molecular weight excluding hydrogens is 406 g/mol. The third-order valence-corrected chi connectivity index (χ3v) is 6.47. The summed E-state index contributed by atoms with van der Waals surface area (Å²) in [5, 5.41) is 2.60. The van der Waals surface area contributed by atoms with Gasteiger partial charge in [-0.2, -0.15) is 0 Å². The molecule has 5 nitrogen and oxygen atoms in total. The fourth-order valence-electron chi connectivity index (χ4n) is 3.61. The Morgan fingerprint density at radius 3 is 2.58 bits per heavy atom. The van der Waals surface area contributed by atoms with Crippen LogP contribution >= 0.6 is 11.3 Å². The highest BCUT2D eigenvalue weighted by Crippen LogP contribution is 2.30. The number of carbonyl (C=O) groups excluding carboxylic acids is 1. The van der Waals surface area contributed by atoms with Gasteiger partial charge in [-0.05, 0) is 30.5 Å². The Balaban J connectivity index is 1.52. The Hall–Kier alpha value is -3.25. The Morgan fingerprint density at radius 2 is 1.84 bits per heavy atom. The van der Waals surface area contributed by atoms with Crippen LogP contribution in [0.3, 0.4) is 0 Å². The van der Waals surface area contributed by atoms with E-state index in [1.165, 1.54) is 16.9 Å². The quantitative estimate of drug-likeness (QED) is 0.441. The zero-order valence-electron chi connectivity index (χ0n) is 18.0. The summed E-state index contributed by atoms with van der Waals surface area (Å²) >= 11 is 1.47. The molecule has 0 saturated carbocycles. The van der Waals surface area contributed by atoms with Crippen molar-refractivity contribution in [3.05, 3.63) is 87.3 Å². The van der Waals surface area contributed by atoms with Gasteiger partial charge in [0.15, 0.2) is 0 Å². The first-order valence-corrected chi connectivity index (χ1v) is 11.1. The van der Waals surface area contributed by atoms with Crippen molar-refractivity contribution in [2.45, 2.75) is 33.4 Å². The summed E-state index contributed by atoms with van der Waals surface area (Å²) in [6.07, 6.45) is 1.80. The molecular formula is C25H25N3O2S. The van der Waals surface area contributed by atoms with E-state index < -0.39 is 0 Å². The van der Waals surface area contributed by atoms with E-state index in [1.807, 2.05) is 67.8 Å². The third-order valence-electron chi connectivity index (χ3n) is 5.58. The van der Waals surface area contributed by atoms with Crippen LogP contribution in [0.4, 0.5) is 0 Å². The minimum absolute atomic E-state index is 0.000623. The highest BCUT2D eigenvalue weighted by Gasteiger charge is 2.15. The minimum Gasteiger partial charge on any atom is -0.341 e. The van der Waals surface area contributed by atoms with Gasteiger partial charge in [0.2, 0.25) is 5.91 Å². The Bertz CT molecular complexity index is 1290. The number of aromatic nitrogens is 2. The molecule has 0 bridgehead atoms. The lowest BCUT2D eigenvalue weighted by molar-refractivity contribution is -0.130. The van der Waals surface area contributed by atoms with Crippen molar-refractivity contribution in [1.82, 2.24) is 14.5 Å². The number of hydrogen-bond donors (Lipinski definition) is 0. The van der Waals surface area contributed by atoms with Gasteiger partial charge in [0.05, 0.1) is 11.7 Å². The standard InChI is InChI=1S/C25H25N3O2S/c1-17-8-10-19(11-9-17)21-15-31-24-23(21)25(30)28(16-26-24)13-12-22(29)27(3)14-20-7-5-4-6-18(20)2/h4-11,15-16H,12-14H2,1-3H3. The fourth-order valence-corrected chi connectivity index (χ4v) is 4.52. The maximum absolute atomic E-state index is 13.2. The average molecular weight is 432 g/mol. The molecule has 2 aromatic carbocycles. The van der Waals surface area contributed by atoms with Crippen molar-refractivity contribution in [3.8, 4) is 11.1 Å². The van der Waals surface area contributed by atoms with Crippen molar-refractivity contribution in [2.24, 2.45) is 0 Å². The van der Waals surface area contributed by atoms with Crippen molar-refractivity contribution in [3.63, 3.8) is 0 Å². The molecule has 4 aromatic rings. The first kappa shape index (κ1) is 21.0. The van der Waals surface area contributed by atoms with E-state index in [2.05, 4.69) is 4.98 Å². The van der Waals surface area contributed by atoms with Crippen LogP contribution in [-0.4, -0.2) is 27.4 Å². The highest BCUT2D eigenvalue weighted by molar-refractivity contribution is 7.17. The van der Waals surface area contributed by atoms with Crippen LogP contribution in [0, 0.1) is 13.8 Å². The average Bonchev–Trinajstić information content (AvgIpc) is 3.20. The number of hydrogen-bond acceptors (Lipinski definition) is 4. The molecule has 1 amide bonds. The summed E-state index contributed by atoms with van der Waals surface area (Å²) in [6.45, 7) is 4.94. The van der Waals surface area contributed by atoms with Gasteiger partial charge in [0, 0.05) is 37.5 Å². The van der Waals surface area contributed by atoms with Gasteiger partial charge in [-0.3, -0.25) is 14.2 Å². The number of aryl methyl sites for hydroxylation is 3. The number of benzene rings is 2. The molecule has 0 atom stereocenters. The Morgan fingerprint density at radius 1 is 1.10 bits per heavy atom. The second-order valence-corrected chi connectivity index (χ2v) is 8.72. The molecule has 0 aliphatic carbocycles. The van der Waals surface area contributed by atoms with Crippen LogP contribution < -0.4 is 5.56 Å². The molecule has 31 heavy (non-hydrogen) atoms. The second kappa shape index (κ2) is 8.86. The summed E-state index contributed by atoms with van der Waals surface area (Å²) in [6, 6.07) is 16.2. The van der Waals surface area contributed by atoms with E-state index in [1.54, 1.807) is 22.8 Å². The molecule has 0 aliphatic rings. The second-order valence-electron chi connectivity index (χ2n) is 7.86. The topological polar surface area (TPSA) is 55.2 Å². The van der Waals surface area contributed by atoms with Crippen molar-refractivity contribution >= 4 is 27.5 Å². The molecule has 2 heterocycles. The Labute approximate surface area is 185 Å². The normalized spacial score (nSPS) is 11.1. The molecule has 0 spiro atoms. The number of carbonyl (C=O) groups is 1. The molecule has 0 unspecified atom stereocenters. The van der Waals surface area contributed by atoms with E-state index in [0.29, 0.717) is 18.5 Å². The predicted octanol–water partition coefficient (Wildman–Crippen LogP) is 4.79. The van der Waals surface area contributed by atoms with Crippen LogP contribution in [0.1, 0.15) is 23.1 Å². The van der Waals surface area contributed by atoms with E-state index >= 15 is 0 Å². The summed E-state index contributed by atoms with van der Waals surface area (Å²) in [4.78, 5) is 32.7. The van der Waals surface area contributed by atoms with E-state index in [4.69, 9.17) is 0 Å². The molecule has 0 N–H and O–H groups in total. The molecule has 0 radical (unpaired) electrons. The van der Waals surface area contributed by atoms with E-state index in [0.717, 1.165) is 27.1 Å². The lowest BCUT2D eigenvalue weighted by Crippen LogP contribution is -2.29. The number of fused-ring (bicyclic) bond motifs is 1. The van der Waals surface area contributed by atoms with Gasteiger partial charge in [0.1, 0.15) is 4.83 Å². The van der Waals surface area contributed by atoms with Crippen molar-refractivity contribution in [1.29, 1.82) is 0 Å². The predicted molar refractivity (Wildman–Crippen MR) is 126 cm³/mol. The van der Waals surface area contributed by atoms with Gasteiger partial charge in [-0.15, -0.1) is 11.3 Å². The zero-order chi connectivity index (χ0) is 22.0. The van der Waals surface area contributed by atoms with Crippen LogP contribution in [0.2, 0.25) is 0 Å². The van der Waals surface area contributed by atoms with E-state index in [-0.39, 0.29) is 17.9 Å².